The number of benzene rings is 1. The first-order chi connectivity index (χ1) is 14.8. The summed E-state index contributed by atoms with van der Waals surface area (Å²) in [5.74, 6) is 1.32. The zero-order chi connectivity index (χ0) is 20.8. The van der Waals surface area contributed by atoms with Crippen LogP contribution < -0.4 is 0 Å². The number of amides is 1. The first-order valence-electron chi connectivity index (χ1n) is 10.6. The molecule has 1 saturated heterocycles. The zero-order valence-corrected chi connectivity index (χ0v) is 18.1. The predicted octanol–water partition coefficient (Wildman–Crippen LogP) is 4.39. The SMILES string of the molecule is CCc1ccc(-n2c(SCC(=O)N3CCCCCC3)nnc2-c2ccncc2)cc1. The Bertz CT molecular complexity index is 963. The second kappa shape index (κ2) is 9.89. The Morgan fingerprint density at radius 2 is 1.67 bits per heavy atom. The van der Waals surface area contributed by atoms with Crippen LogP contribution in [0.5, 0.6) is 0 Å². The lowest BCUT2D eigenvalue weighted by atomic mass is 10.1. The quantitative estimate of drug-likeness (QED) is 0.553. The molecule has 7 heteroatoms. The van der Waals surface area contributed by atoms with Gasteiger partial charge in [0.25, 0.3) is 0 Å². The first-order valence-corrected chi connectivity index (χ1v) is 11.6. The fourth-order valence-corrected chi connectivity index (χ4v) is 4.56. The van der Waals surface area contributed by atoms with E-state index in [2.05, 4.69) is 46.4 Å². The van der Waals surface area contributed by atoms with Gasteiger partial charge in [0.15, 0.2) is 11.0 Å². The van der Waals surface area contributed by atoms with Gasteiger partial charge in [-0.3, -0.25) is 14.3 Å². The van der Waals surface area contributed by atoms with Crippen molar-refractivity contribution in [3.63, 3.8) is 0 Å². The van der Waals surface area contributed by atoms with Gasteiger partial charge in [-0.1, -0.05) is 43.7 Å². The second-order valence-corrected chi connectivity index (χ2v) is 8.42. The lowest BCUT2D eigenvalue weighted by Crippen LogP contribution is -2.33. The summed E-state index contributed by atoms with van der Waals surface area (Å²) < 4.78 is 2.04. The summed E-state index contributed by atoms with van der Waals surface area (Å²) in [7, 11) is 0. The van der Waals surface area contributed by atoms with Gasteiger partial charge in [-0.05, 0) is 49.1 Å². The van der Waals surface area contributed by atoms with Crippen molar-refractivity contribution in [3.05, 3.63) is 54.4 Å². The van der Waals surface area contributed by atoms with Gasteiger partial charge in [-0.15, -0.1) is 10.2 Å². The molecule has 0 N–H and O–H groups in total. The van der Waals surface area contributed by atoms with E-state index in [-0.39, 0.29) is 5.91 Å². The lowest BCUT2D eigenvalue weighted by molar-refractivity contribution is -0.128. The number of aromatic nitrogens is 4. The molecule has 0 saturated carbocycles. The molecule has 6 nitrogen and oxygen atoms in total. The molecular formula is C23H27N5OS. The number of hydrogen-bond donors (Lipinski definition) is 0. The molecule has 0 atom stereocenters. The van der Waals surface area contributed by atoms with E-state index in [4.69, 9.17) is 0 Å². The first kappa shape index (κ1) is 20.6. The molecule has 4 rings (SSSR count). The molecule has 1 aliphatic rings. The van der Waals surface area contributed by atoms with Gasteiger partial charge in [0.05, 0.1) is 5.75 Å². The minimum atomic E-state index is 0.184. The summed E-state index contributed by atoms with van der Waals surface area (Å²) in [4.78, 5) is 18.9. The highest BCUT2D eigenvalue weighted by atomic mass is 32.2. The Balaban J connectivity index is 1.60. The molecule has 156 valence electrons. The Hall–Kier alpha value is -2.67. The number of thioether (sulfide) groups is 1. The maximum absolute atomic E-state index is 12.8. The number of carbonyl (C=O) groups is 1. The molecule has 0 radical (unpaired) electrons. The van der Waals surface area contributed by atoms with Crippen molar-refractivity contribution in [2.75, 3.05) is 18.8 Å². The highest BCUT2D eigenvalue weighted by Gasteiger charge is 2.20. The topological polar surface area (TPSA) is 63.9 Å². The monoisotopic (exact) mass is 421 g/mol. The van der Waals surface area contributed by atoms with Crippen LogP contribution in [0.1, 0.15) is 38.2 Å². The predicted molar refractivity (Wildman–Crippen MR) is 120 cm³/mol. The van der Waals surface area contributed by atoms with Crippen molar-refractivity contribution in [2.24, 2.45) is 0 Å². The fraction of sp³-hybridized carbons (Fsp3) is 0.391. The van der Waals surface area contributed by atoms with E-state index < -0.39 is 0 Å². The van der Waals surface area contributed by atoms with E-state index in [0.29, 0.717) is 5.75 Å². The van der Waals surface area contributed by atoms with E-state index in [1.165, 1.54) is 30.2 Å². The highest BCUT2D eigenvalue weighted by Crippen LogP contribution is 2.28. The highest BCUT2D eigenvalue weighted by molar-refractivity contribution is 7.99. The second-order valence-electron chi connectivity index (χ2n) is 7.48. The van der Waals surface area contributed by atoms with Gasteiger partial charge >= 0.3 is 0 Å². The third-order valence-electron chi connectivity index (χ3n) is 5.46. The van der Waals surface area contributed by atoms with Crippen molar-refractivity contribution >= 4 is 17.7 Å². The molecule has 1 aliphatic heterocycles. The van der Waals surface area contributed by atoms with Gasteiger partial charge in [0, 0.05) is 36.7 Å². The summed E-state index contributed by atoms with van der Waals surface area (Å²) in [6, 6.07) is 12.3. The minimum absolute atomic E-state index is 0.184. The molecule has 2 aromatic heterocycles. The van der Waals surface area contributed by atoms with Gasteiger partial charge in [-0.2, -0.15) is 0 Å². The van der Waals surface area contributed by atoms with E-state index in [0.717, 1.165) is 54.6 Å². The Labute approximate surface area is 181 Å². The molecule has 1 aromatic carbocycles. The number of carbonyl (C=O) groups excluding carboxylic acids is 1. The molecule has 3 aromatic rings. The average molecular weight is 422 g/mol. The average Bonchev–Trinajstić information content (AvgIpc) is 3.02. The van der Waals surface area contributed by atoms with Crippen molar-refractivity contribution < 1.29 is 4.79 Å². The number of aryl methyl sites for hydroxylation is 1. The van der Waals surface area contributed by atoms with Crippen molar-refractivity contribution in [2.45, 2.75) is 44.2 Å². The molecule has 0 spiro atoms. The maximum Gasteiger partial charge on any atom is 0.233 e. The molecule has 1 amide bonds. The van der Waals surface area contributed by atoms with Crippen molar-refractivity contribution in [1.29, 1.82) is 0 Å². The summed E-state index contributed by atoms with van der Waals surface area (Å²) in [5, 5.41) is 9.61. The van der Waals surface area contributed by atoms with Crippen LogP contribution in [0.2, 0.25) is 0 Å². The standard InChI is InChI=1S/C23H27N5OS/c1-2-18-7-9-20(10-8-18)28-22(19-11-13-24-14-12-19)25-26-23(28)30-17-21(29)27-15-5-3-4-6-16-27/h7-14H,2-6,15-17H2,1H3. The van der Waals surface area contributed by atoms with E-state index in [1.54, 1.807) is 12.4 Å². The summed E-state index contributed by atoms with van der Waals surface area (Å²) in [6.45, 7) is 3.88. The smallest absolute Gasteiger partial charge is 0.233 e. The van der Waals surface area contributed by atoms with Crippen LogP contribution in [0.25, 0.3) is 17.1 Å². The van der Waals surface area contributed by atoms with Crippen LogP contribution in [-0.4, -0.2) is 49.4 Å². The third-order valence-corrected chi connectivity index (χ3v) is 6.37. The number of nitrogens with zero attached hydrogens (tertiary/aromatic N) is 5. The third kappa shape index (κ3) is 4.73. The summed E-state index contributed by atoms with van der Waals surface area (Å²) >= 11 is 1.46. The normalized spacial score (nSPS) is 14.5. The molecule has 30 heavy (non-hydrogen) atoms. The van der Waals surface area contributed by atoms with Crippen molar-refractivity contribution in [1.82, 2.24) is 24.6 Å². The van der Waals surface area contributed by atoms with Crippen LogP contribution >= 0.6 is 11.8 Å². The Morgan fingerprint density at radius 3 is 2.33 bits per heavy atom. The number of hydrogen-bond acceptors (Lipinski definition) is 5. The van der Waals surface area contributed by atoms with Crippen LogP contribution in [0.15, 0.2) is 53.9 Å². The summed E-state index contributed by atoms with van der Waals surface area (Å²) in [6.07, 6.45) is 9.13. The van der Waals surface area contributed by atoms with E-state index in [9.17, 15) is 4.79 Å². The molecule has 0 bridgehead atoms. The van der Waals surface area contributed by atoms with Gasteiger partial charge in [-0.25, -0.2) is 0 Å². The summed E-state index contributed by atoms with van der Waals surface area (Å²) in [5.41, 5.74) is 3.22. The van der Waals surface area contributed by atoms with Gasteiger partial charge < -0.3 is 4.90 Å². The van der Waals surface area contributed by atoms with E-state index in [1.807, 2.05) is 21.6 Å². The molecule has 1 fully saturated rings. The minimum Gasteiger partial charge on any atom is -0.342 e. The van der Waals surface area contributed by atoms with E-state index >= 15 is 0 Å². The van der Waals surface area contributed by atoms with Crippen molar-refractivity contribution in [3.8, 4) is 17.1 Å². The zero-order valence-electron chi connectivity index (χ0n) is 17.3. The Morgan fingerprint density at radius 1 is 0.967 bits per heavy atom. The maximum atomic E-state index is 12.8. The number of rotatable bonds is 6. The van der Waals surface area contributed by atoms with Gasteiger partial charge in [0.1, 0.15) is 0 Å². The van der Waals surface area contributed by atoms with Crippen LogP contribution in [0.4, 0.5) is 0 Å². The fourth-order valence-electron chi connectivity index (χ4n) is 3.70. The van der Waals surface area contributed by atoms with Crippen LogP contribution in [0.3, 0.4) is 0 Å². The molecule has 0 aliphatic carbocycles. The largest absolute Gasteiger partial charge is 0.342 e. The van der Waals surface area contributed by atoms with Gasteiger partial charge in [0.2, 0.25) is 5.91 Å². The van der Waals surface area contributed by atoms with Crippen LogP contribution in [0, 0.1) is 0 Å². The molecule has 3 heterocycles. The Kier molecular flexibility index (Phi) is 6.79. The lowest BCUT2D eigenvalue weighted by Gasteiger charge is -2.20. The molecular weight excluding hydrogens is 394 g/mol. The number of likely N-dealkylation sites (tertiary alicyclic amines) is 1. The molecule has 0 unspecified atom stereocenters. The number of pyridine rings is 1. The van der Waals surface area contributed by atoms with Crippen LogP contribution in [-0.2, 0) is 11.2 Å².